The molecule has 1 aliphatic heterocycles. The van der Waals surface area contributed by atoms with Crippen molar-refractivity contribution in [3.63, 3.8) is 0 Å². The highest BCUT2D eigenvalue weighted by molar-refractivity contribution is 7.11. The predicted octanol–water partition coefficient (Wildman–Crippen LogP) is 1.26. The lowest BCUT2D eigenvalue weighted by atomic mass is 9.98. The van der Waals surface area contributed by atoms with Crippen molar-refractivity contribution < 1.29 is 4.79 Å². The van der Waals surface area contributed by atoms with Gasteiger partial charge in [0.2, 0.25) is 0 Å². The lowest BCUT2D eigenvalue weighted by molar-refractivity contribution is 0.0783. The van der Waals surface area contributed by atoms with Crippen LogP contribution in [0.2, 0.25) is 0 Å². The zero-order valence-electron chi connectivity index (χ0n) is 9.93. The number of aromatic nitrogens is 1. The van der Waals surface area contributed by atoms with Crippen LogP contribution in [0.4, 0.5) is 0 Å². The van der Waals surface area contributed by atoms with E-state index >= 15 is 0 Å². The van der Waals surface area contributed by atoms with E-state index in [2.05, 4.69) is 4.98 Å². The molecular formula is C12H17N3OS. The number of aryl methyl sites for hydroxylation is 1. The van der Waals surface area contributed by atoms with E-state index < -0.39 is 0 Å². The number of likely N-dealkylation sites (tertiary alicyclic amines) is 1. The first-order chi connectivity index (χ1) is 8.16. The number of carbonyl (C=O) groups excluding carboxylic acids is 1. The molecule has 0 spiro atoms. The lowest BCUT2D eigenvalue weighted by Gasteiger charge is -2.18. The van der Waals surface area contributed by atoms with Crippen LogP contribution in [0.3, 0.4) is 0 Å². The first-order valence-electron chi connectivity index (χ1n) is 6.11. The summed E-state index contributed by atoms with van der Waals surface area (Å²) in [6, 6.07) is 0.292. The fourth-order valence-corrected chi connectivity index (χ4v) is 3.89. The Morgan fingerprint density at radius 1 is 1.53 bits per heavy atom. The molecule has 1 aromatic rings. The minimum Gasteiger partial charge on any atom is -0.337 e. The maximum absolute atomic E-state index is 12.3. The zero-order valence-corrected chi connectivity index (χ0v) is 10.7. The Hall–Kier alpha value is -0.940. The van der Waals surface area contributed by atoms with Gasteiger partial charge in [0.1, 0.15) is 4.88 Å². The molecule has 5 heteroatoms. The molecule has 2 aliphatic rings. The van der Waals surface area contributed by atoms with Gasteiger partial charge in [-0.3, -0.25) is 4.79 Å². The van der Waals surface area contributed by atoms with E-state index in [-0.39, 0.29) is 5.91 Å². The molecule has 1 aromatic heterocycles. The number of nitrogens with zero attached hydrogens (tertiary/aromatic N) is 2. The number of fused-ring (bicyclic) bond motifs is 1. The molecule has 1 saturated carbocycles. The van der Waals surface area contributed by atoms with Crippen molar-refractivity contribution in [1.29, 1.82) is 0 Å². The van der Waals surface area contributed by atoms with Crippen LogP contribution in [0.15, 0.2) is 5.51 Å². The second kappa shape index (κ2) is 4.07. The third-order valence-electron chi connectivity index (χ3n) is 4.14. The van der Waals surface area contributed by atoms with Crippen molar-refractivity contribution >= 4 is 17.2 Å². The van der Waals surface area contributed by atoms with Gasteiger partial charge in [-0.1, -0.05) is 0 Å². The monoisotopic (exact) mass is 251 g/mol. The molecule has 0 bridgehead atoms. The Morgan fingerprint density at radius 3 is 3.00 bits per heavy atom. The van der Waals surface area contributed by atoms with Gasteiger partial charge in [0.05, 0.1) is 11.2 Å². The minimum absolute atomic E-state index is 0.145. The zero-order chi connectivity index (χ0) is 12.0. The second-order valence-corrected chi connectivity index (χ2v) is 6.00. The van der Waals surface area contributed by atoms with Gasteiger partial charge in [0, 0.05) is 19.1 Å². The summed E-state index contributed by atoms with van der Waals surface area (Å²) in [5.74, 6) is 1.29. The van der Waals surface area contributed by atoms with Crippen molar-refractivity contribution in [2.24, 2.45) is 17.6 Å². The predicted molar refractivity (Wildman–Crippen MR) is 66.9 cm³/mol. The van der Waals surface area contributed by atoms with E-state index in [1.54, 1.807) is 5.51 Å². The smallest absolute Gasteiger partial charge is 0.265 e. The standard InChI is InChI=1S/C12H17N3OS/c1-7-11(17-6-14-7)12(16)15-4-8-2-3-10(13)9(8)5-15/h6,8-10H,2-5,13H2,1H3/t8-,9-,10+/m0/s1. The van der Waals surface area contributed by atoms with Crippen LogP contribution in [-0.2, 0) is 0 Å². The molecule has 3 atom stereocenters. The van der Waals surface area contributed by atoms with Crippen LogP contribution in [0.25, 0.3) is 0 Å². The van der Waals surface area contributed by atoms with Gasteiger partial charge in [-0.25, -0.2) is 4.98 Å². The molecule has 0 aromatic carbocycles. The summed E-state index contributed by atoms with van der Waals surface area (Å²) in [5.41, 5.74) is 8.67. The Morgan fingerprint density at radius 2 is 2.35 bits per heavy atom. The third kappa shape index (κ3) is 1.77. The molecule has 1 aliphatic carbocycles. The summed E-state index contributed by atoms with van der Waals surface area (Å²) in [4.78, 5) is 19.2. The Labute approximate surface area is 105 Å². The van der Waals surface area contributed by atoms with Crippen LogP contribution < -0.4 is 5.73 Å². The van der Waals surface area contributed by atoms with Gasteiger partial charge in [0.25, 0.3) is 5.91 Å². The Kier molecular flexibility index (Phi) is 2.67. The van der Waals surface area contributed by atoms with Crippen LogP contribution >= 0.6 is 11.3 Å². The fourth-order valence-electron chi connectivity index (χ4n) is 3.12. The van der Waals surface area contributed by atoms with Crippen LogP contribution in [0, 0.1) is 18.8 Å². The van der Waals surface area contributed by atoms with E-state index in [0.717, 1.165) is 30.1 Å². The normalized spacial score (nSPS) is 31.9. The topological polar surface area (TPSA) is 59.2 Å². The number of nitrogens with two attached hydrogens (primary N) is 1. The first kappa shape index (κ1) is 11.2. The van der Waals surface area contributed by atoms with Crippen LogP contribution in [-0.4, -0.2) is 34.9 Å². The minimum atomic E-state index is 0.145. The van der Waals surface area contributed by atoms with Crippen molar-refractivity contribution in [3.8, 4) is 0 Å². The van der Waals surface area contributed by atoms with Crippen LogP contribution in [0.1, 0.15) is 28.2 Å². The molecule has 2 N–H and O–H groups in total. The number of hydrogen-bond acceptors (Lipinski definition) is 4. The summed E-state index contributed by atoms with van der Waals surface area (Å²) < 4.78 is 0. The fraction of sp³-hybridized carbons (Fsp3) is 0.667. The molecule has 4 nitrogen and oxygen atoms in total. The summed E-state index contributed by atoms with van der Waals surface area (Å²) in [6.45, 7) is 3.61. The van der Waals surface area contributed by atoms with Crippen molar-refractivity contribution in [2.75, 3.05) is 13.1 Å². The Balaban J connectivity index is 1.75. The molecule has 0 radical (unpaired) electrons. The molecule has 2 fully saturated rings. The number of carbonyl (C=O) groups is 1. The number of rotatable bonds is 1. The lowest BCUT2D eigenvalue weighted by Crippen LogP contribution is -2.33. The highest BCUT2D eigenvalue weighted by Gasteiger charge is 2.42. The van der Waals surface area contributed by atoms with Gasteiger partial charge in [-0.2, -0.15) is 0 Å². The summed E-state index contributed by atoms with van der Waals surface area (Å²) in [5, 5.41) is 0. The largest absolute Gasteiger partial charge is 0.337 e. The van der Waals surface area contributed by atoms with Gasteiger partial charge in [-0.05, 0) is 31.6 Å². The summed E-state index contributed by atoms with van der Waals surface area (Å²) in [7, 11) is 0. The van der Waals surface area contributed by atoms with E-state index in [0.29, 0.717) is 17.9 Å². The number of thiazole rings is 1. The van der Waals surface area contributed by atoms with Crippen molar-refractivity contribution in [3.05, 3.63) is 16.1 Å². The molecule has 0 unspecified atom stereocenters. The van der Waals surface area contributed by atoms with E-state index in [9.17, 15) is 4.79 Å². The summed E-state index contributed by atoms with van der Waals surface area (Å²) in [6.07, 6.45) is 2.30. The molecule has 3 rings (SSSR count). The SMILES string of the molecule is Cc1ncsc1C(=O)N1C[C@@H]2CC[C@@H](N)[C@H]2C1. The number of amides is 1. The third-order valence-corrected chi connectivity index (χ3v) is 5.06. The Bertz CT molecular complexity index is 445. The second-order valence-electron chi connectivity index (χ2n) is 5.14. The number of hydrogen-bond donors (Lipinski definition) is 1. The quantitative estimate of drug-likeness (QED) is 0.817. The molecule has 92 valence electrons. The van der Waals surface area contributed by atoms with Crippen LogP contribution in [0.5, 0.6) is 0 Å². The maximum atomic E-state index is 12.3. The summed E-state index contributed by atoms with van der Waals surface area (Å²) >= 11 is 1.44. The molecule has 1 amide bonds. The van der Waals surface area contributed by atoms with Gasteiger partial charge in [0.15, 0.2) is 0 Å². The van der Waals surface area contributed by atoms with Crippen molar-refractivity contribution in [2.45, 2.75) is 25.8 Å². The molecule has 17 heavy (non-hydrogen) atoms. The van der Waals surface area contributed by atoms with Gasteiger partial charge in [-0.15, -0.1) is 11.3 Å². The maximum Gasteiger partial charge on any atom is 0.265 e. The first-order valence-corrected chi connectivity index (χ1v) is 6.99. The highest BCUT2D eigenvalue weighted by Crippen LogP contribution is 2.37. The molecule has 1 saturated heterocycles. The highest BCUT2D eigenvalue weighted by atomic mass is 32.1. The van der Waals surface area contributed by atoms with Gasteiger partial charge < -0.3 is 10.6 Å². The van der Waals surface area contributed by atoms with Gasteiger partial charge >= 0.3 is 0 Å². The molecular weight excluding hydrogens is 234 g/mol. The van der Waals surface area contributed by atoms with E-state index in [4.69, 9.17) is 5.73 Å². The van der Waals surface area contributed by atoms with E-state index in [1.165, 1.54) is 17.8 Å². The van der Waals surface area contributed by atoms with Crippen molar-refractivity contribution in [1.82, 2.24) is 9.88 Å². The van der Waals surface area contributed by atoms with E-state index in [1.807, 2.05) is 11.8 Å². The average Bonchev–Trinajstić information content (AvgIpc) is 2.96. The molecule has 2 heterocycles. The average molecular weight is 251 g/mol.